The molecule has 1 aromatic heterocycles. The fourth-order valence-corrected chi connectivity index (χ4v) is 3.35. The van der Waals surface area contributed by atoms with Crippen molar-refractivity contribution >= 4 is 11.7 Å². The van der Waals surface area contributed by atoms with E-state index in [1.807, 2.05) is 36.4 Å². The molecule has 0 aliphatic carbocycles. The van der Waals surface area contributed by atoms with Crippen molar-refractivity contribution in [2.24, 2.45) is 7.05 Å². The Morgan fingerprint density at radius 2 is 1.74 bits per heavy atom. The molecule has 4 nitrogen and oxygen atoms in total. The van der Waals surface area contributed by atoms with E-state index in [2.05, 4.69) is 23.9 Å². The van der Waals surface area contributed by atoms with E-state index >= 15 is 0 Å². The summed E-state index contributed by atoms with van der Waals surface area (Å²) in [5, 5.41) is 0. The maximum atomic E-state index is 12.4. The summed E-state index contributed by atoms with van der Waals surface area (Å²) in [6.45, 7) is 11.7. The van der Waals surface area contributed by atoms with Gasteiger partial charge in [0.05, 0.1) is 13.2 Å². The molecule has 0 bridgehead atoms. The van der Waals surface area contributed by atoms with Gasteiger partial charge in [-0.3, -0.25) is 0 Å². The zero-order chi connectivity index (χ0) is 19.4. The number of benzene rings is 2. The maximum absolute atomic E-state index is 12.4. The number of aryl methyl sites for hydroxylation is 2. The second-order valence-corrected chi connectivity index (χ2v) is 6.27. The third-order valence-electron chi connectivity index (χ3n) is 4.63. The van der Waals surface area contributed by atoms with Crippen LogP contribution < -0.4 is 0 Å². The summed E-state index contributed by atoms with van der Waals surface area (Å²) < 4.78 is 6.86. The molecule has 0 spiro atoms. The number of rotatable bonds is 5. The molecule has 136 valence electrons. The van der Waals surface area contributed by atoms with Gasteiger partial charge < -0.3 is 9.30 Å². The van der Waals surface area contributed by atoms with Crippen molar-refractivity contribution in [1.82, 2.24) is 4.57 Å². The Labute approximate surface area is 159 Å². The normalized spacial score (nSPS) is 10.4. The average Bonchev–Trinajstić information content (AvgIpc) is 3.04. The van der Waals surface area contributed by atoms with E-state index in [4.69, 9.17) is 11.3 Å². The van der Waals surface area contributed by atoms with Crippen LogP contribution in [-0.4, -0.2) is 17.1 Å². The molecule has 3 aromatic rings. The van der Waals surface area contributed by atoms with Crippen LogP contribution >= 0.6 is 0 Å². The van der Waals surface area contributed by atoms with Crippen LogP contribution in [0.1, 0.15) is 29.9 Å². The van der Waals surface area contributed by atoms with Crippen LogP contribution in [0.15, 0.2) is 54.7 Å². The Balaban J connectivity index is 2.08. The highest BCUT2D eigenvalue weighted by atomic mass is 16.5. The Morgan fingerprint density at radius 3 is 2.37 bits per heavy atom. The van der Waals surface area contributed by atoms with Crippen LogP contribution in [-0.2, 0) is 18.2 Å². The molecule has 0 saturated carbocycles. The summed E-state index contributed by atoms with van der Waals surface area (Å²) in [4.78, 5) is 16.0. The topological polar surface area (TPSA) is 35.6 Å². The molecule has 4 heteroatoms. The molecule has 27 heavy (non-hydrogen) atoms. The largest absolute Gasteiger partial charge is 0.461 e. The number of esters is 1. The lowest BCUT2D eigenvalue weighted by atomic mass is 9.95. The summed E-state index contributed by atoms with van der Waals surface area (Å²) in [5.41, 5.74) is 5.93. The minimum absolute atomic E-state index is 0.295. The Morgan fingerprint density at radius 1 is 1.07 bits per heavy atom. The number of hydrogen-bond acceptors (Lipinski definition) is 2. The van der Waals surface area contributed by atoms with Crippen molar-refractivity contribution in [2.75, 3.05) is 6.61 Å². The molecule has 0 amide bonds. The lowest BCUT2D eigenvalue weighted by Gasteiger charge is -2.11. The van der Waals surface area contributed by atoms with Crippen LogP contribution in [0, 0.1) is 6.57 Å². The fourth-order valence-electron chi connectivity index (χ4n) is 3.35. The zero-order valence-electron chi connectivity index (χ0n) is 15.8. The van der Waals surface area contributed by atoms with E-state index in [9.17, 15) is 4.79 Å². The van der Waals surface area contributed by atoms with Gasteiger partial charge in [-0.1, -0.05) is 55.5 Å². The average molecular weight is 358 g/mol. The van der Waals surface area contributed by atoms with Gasteiger partial charge in [-0.25, -0.2) is 9.64 Å². The minimum Gasteiger partial charge on any atom is -0.461 e. The van der Waals surface area contributed by atoms with Crippen molar-refractivity contribution in [1.29, 1.82) is 0 Å². The van der Waals surface area contributed by atoms with E-state index in [0.717, 1.165) is 17.5 Å². The van der Waals surface area contributed by atoms with E-state index in [1.165, 1.54) is 11.1 Å². The predicted molar refractivity (Wildman–Crippen MR) is 108 cm³/mol. The molecule has 0 N–H and O–H groups in total. The molecule has 3 rings (SSSR count). The van der Waals surface area contributed by atoms with Crippen LogP contribution in [0.4, 0.5) is 5.69 Å². The molecule has 0 atom stereocenters. The van der Waals surface area contributed by atoms with Crippen LogP contribution in [0.25, 0.3) is 27.1 Å². The zero-order valence-corrected chi connectivity index (χ0v) is 15.8. The van der Waals surface area contributed by atoms with Gasteiger partial charge in [0.1, 0.15) is 5.69 Å². The van der Waals surface area contributed by atoms with Gasteiger partial charge in [0.25, 0.3) is 0 Å². The number of hydrogen-bond donors (Lipinski definition) is 0. The van der Waals surface area contributed by atoms with Crippen molar-refractivity contribution < 1.29 is 9.53 Å². The summed E-state index contributed by atoms with van der Waals surface area (Å²) in [7, 11) is 1.76. The maximum Gasteiger partial charge on any atom is 0.354 e. The Bertz CT molecular complexity index is 1010. The van der Waals surface area contributed by atoms with Gasteiger partial charge in [0.15, 0.2) is 0 Å². The quantitative estimate of drug-likeness (QED) is 0.436. The number of aromatic nitrogens is 1. The van der Waals surface area contributed by atoms with Gasteiger partial charge in [-0.2, -0.15) is 0 Å². The minimum atomic E-state index is -0.412. The molecular weight excluding hydrogens is 336 g/mol. The predicted octanol–water partition coefficient (Wildman–Crippen LogP) is 5.65. The molecule has 1 heterocycles. The molecular formula is C23H22N2O2. The molecule has 0 fully saturated rings. The Kier molecular flexibility index (Phi) is 5.42. The number of carbonyl (C=O) groups excluding carboxylic acids is 1. The highest BCUT2D eigenvalue weighted by Crippen LogP contribution is 2.37. The van der Waals surface area contributed by atoms with Crippen molar-refractivity contribution in [3.05, 3.63) is 77.4 Å². The van der Waals surface area contributed by atoms with Crippen molar-refractivity contribution in [2.45, 2.75) is 20.3 Å². The summed E-state index contributed by atoms with van der Waals surface area (Å²) in [6.07, 6.45) is 2.64. The second-order valence-electron chi connectivity index (χ2n) is 6.27. The highest BCUT2D eigenvalue weighted by molar-refractivity contribution is 6.00. The van der Waals surface area contributed by atoms with E-state index in [0.29, 0.717) is 23.6 Å². The summed E-state index contributed by atoms with van der Waals surface area (Å²) in [6, 6.07) is 16.4. The van der Waals surface area contributed by atoms with Gasteiger partial charge in [0.2, 0.25) is 5.69 Å². The van der Waals surface area contributed by atoms with Gasteiger partial charge in [0, 0.05) is 18.8 Å². The Hall–Kier alpha value is -3.32. The standard InChI is InChI=1S/C23H22N2O2/c1-5-16-9-7-8-10-19(16)17-11-13-18(14-12-17)21-20(24-3)15-25(4)22(21)23(26)27-6-2/h7-15H,5-6H2,1-2,4H3. The molecule has 0 aliphatic rings. The number of nitrogens with zero attached hydrogens (tertiary/aromatic N) is 2. The van der Waals surface area contributed by atoms with Gasteiger partial charge in [-0.05, 0) is 35.6 Å². The van der Waals surface area contributed by atoms with Crippen molar-refractivity contribution in [3.63, 3.8) is 0 Å². The molecule has 0 radical (unpaired) electrons. The first kappa shape index (κ1) is 18.5. The van der Waals surface area contributed by atoms with Crippen LogP contribution in [0.2, 0.25) is 0 Å². The monoisotopic (exact) mass is 358 g/mol. The van der Waals surface area contributed by atoms with E-state index in [-0.39, 0.29) is 0 Å². The van der Waals surface area contributed by atoms with Crippen LogP contribution in [0.5, 0.6) is 0 Å². The van der Waals surface area contributed by atoms with Crippen molar-refractivity contribution in [3.8, 4) is 22.3 Å². The first-order chi connectivity index (χ1) is 13.1. The summed E-state index contributed by atoms with van der Waals surface area (Å²) >= 11 is 0. The fraction of sp³-hybridized carbons (Fsp3) is 0.217. The number of ether oxygens (including phenoxy) is 1. The lowest BCUT2D eigenvalue weighted by Crippen LogP contribution is -2.10. The molecule has 0 unspecified atom stereocenters. The first-order valence-corrected chi connectivity index (χ1v) is 9.03. The lowest BCUT2D eigenvalue weighted by molar-refractivity contribution is 0.0516. The molecule has 0 saturated heterocycles. The van der Waals surface area contributed by atoms with Gasteiger partial charge >= 0.3 is 5.97 Å². The van der Waals surface area contributed by atoms with E-state index < -0.39 is 5.97 Å². The highest BCUT2D eigenvalue weighted by Gasteiger charge is 2.22. The van der Waals surface area contributed by atoms with Gasteiger partial charge in [-0.15, -0.1) is 0 Å². The smallest absolute Gasteiger partial charge is 0.354 e. The summed E-state index contributed by atoms with van der Waals surface area (Å²) in [5.74, 6) is -0.412. The third-order valence-corrected chi connectivity index (χ3v) is 4.63. The molecule has 2 aromatic carbocycles. The number of carbonyl (C=O) groups is 1. The molecule has 0 aliphatic heterocycles. The first-order valence-electron chi connectivity index (χ1n) is 9.03. The second kappa shape index (κ2) is 7.92. The van der Waals surface area contributed by atoms with Crippen LogP contribution in [0.3, 0.4) is 0 Å². The van der Waals surface area contributed by atoms with E-state index in [1.54, 1.807) is 24.7 Å². The third kappa shape index (κ3) is 3.50. The SMILES string of the molecule is [C-]#[N+]c1cn(C)c(C(=O)OCC)c1-c1ccc(-c2ccccc2CC)cc1.